The average molecular weight is 289 g/mol. The third kappa shape index (κ3) is 2.97. The molecule has 1 aliphatic rings. The van der Waals surface area contributed by atoms with Crippen LogP contribution in [0, 0.1) is 18.7 Å². The summed E-state index contributed by atoms with van der Waals surface area (Å²) < 4.78 is 18.8. The molecule has 1 aliphatic carbocycles. The molecule has 1 aromatic heterocycles. The molecule has 2 N–H and O–H groups in total. The van der Waals surface area contributed by atoms with E-state index in [1.54, 1.807) is 6.07 Å². The Bertz CT molecular complexity index is 618. The number of aromatic nitrogens is 2. The third-order valence-electron chi connectivity index (χ3n) is 4.41. The summed E-state index contributed by atoms with van der Waals surface area (Å²) in [6.07, 6.45) is 4.28. The fraction of sp³-hybridized carbons (Fsp3) is 0.500. The Morgan fingerprint density at radius 3 is 2.76 bits per heavy atom. The van der Waals surface area contributed by atoms with E-state index < -0.39 is 0 Å². The van der Waals surface area contributed by atoms with Crippen LogP contribution < -0.4 is 5.73 Å². The fourth-order valence-corrected chi connectivity index (χ4v) is 2.99. The summed E-state index contributed by atoms with van der Waals surface area (Å²) in [6, 6.07) is 4.62. The number of nitrogens with zero attached hydrogens (tertiary/aromatic N) is 2. The van der Waals surface area contributed by atoms with Crippen LogP contribution in [0.5, 0.6) is 0 Å². The van der Waals surface area contributed by atoms with Gasteiger partial charge in [-0.15, -0.1) is 0 Å². The van der Waals surface area contributed by atoms with Gasteiger partial charge in [-0.3, -0.25) is 0 Å². The molecule has 0 saturated heterocycles. The molecule has 0 aliphatic heterocycles. The maximum atomic E-state index is 13.4. The molecule has 0 bridgehead atoms. The van der Waals surface area contributed by atoms with Crippen molar-refractivity contribution in [2.45, 2.75) is 38.5 Å². The Morgan fingerprint density at radius 2 is 2.05 bits per heavy atom. The van der Waals surface area contributed by atoms with Gasteiger partial charge in [-0.2, -0.15) is 4.98 Å². The first kappa shape index (κ1) is 14.2. The lowest BCUT2D eigenvalue weighted by molar-refractivity contribution is 0.275. The van der Waals surface area contributed by atoms with Gasteiger partial charge in [0, 0.05) is 11.5 Å². The van der Waals surface area contributed by atoms with Crippen molar-refractivity contribution in [1.82, 2.24) is 10.1 Å². The van der Waals surface area contributed by atoms with E-state index in [1.807, 2.05) is 6.92 Å². The Morgan fingerprint density at radius 1 is 1.29 bits per heavy atom. The van der Waals surface area contributed by atoms with E-state index in [2.05, 4.69) is 10.1 Å². The smallest absolute Gasteiger partial charge is 0.230 e. The van der Waals surface area contributed by atoms with E-state index in [0.29, 0.717) is 29.1 Å². The van der Waals surface area contributed by atoms with Gasteiger partial charge in [0.15, 0.2) is 0 Å². The van der Waals surface area contributed by atoms with E-state index in [9.17, 15) is 4.39 Å². The minimum absolute atomic E-state index is 0.287. The van der Waals surface area contributed by atoms with Crippen LogP contribution in [0.3, 0.4) is 0 Å². The minimum Gasteiger partial charge on any atom is -0.339 e. The highest BCUT2D eigenvalue weighted by Gasteiger charge is 2.26. The van der Waals surface area contributed by atoms with Crippen LogP contribution in [0.1, 0.15) is 43.1 Å². The van der Waals surface area contributed by atoms with Crippen molar-refractivity contribution in [3.05, 3.63) is 35.5 Å². The van der Waals surface area contributed by atoms with Crippen molar-refractivity contribution in [3.8, 4) is 11.4 Å². The Hall–Kier alpha value is -1.75. The van der Waals surface area contributed by atoms with Crippen LogP contribution in [0.4, 0.5) is 4.39 Å². The van der Waals surface area contributed by atoms with Gasteiger partial charge in [-0.25, -0.2) is 4.39 Å². The molecule has 0 spiro atoms. The second-order valence-corrected chi connectivity index (χ2v) is 5.87. The summed E-state index contributed by atoms with van der Waals surface area (Å²) in [5.41, 5.74) is 7.35. The van der Waals surface area contributed by atoms with E-state index in [0.717, 1.165) is 37.8 Å². The number of nitrogens with two attached hydrogens (primary N) is 1. The van der Waals surface area contributed by atoms with Crippen LogP contribution in [0.25, 0.3) is 11.4 Å². The standard InChI is InChI=1S/C16H20FN3O/c1-10-2-7-13(17)8-14(10)15-19-16(21-20-15)12-5-3-11(9-18)4-6-12/h2,7-8,11-12H,3-6,9,18H2,1H3. The predicted octanol–water partition coefficient (Wildman–Crippen LogP) is 3.42. The van der Waals surface area contributed by atoms with Crippen molar-refractivity contribution in [2.75, 3.05) is 6.54 Å². The lowest BCUT2D eigenvalue weighted by Gasteiger charge is -2.24. The lowest BCUT2D eigenvalue weighted by atomic mass is 9.82. The largest absolute Gasteiger partial charge is 0.339 e. The van der Waals surface area contributed by atoms with Gasteiger partial charge < -0.3 is 10.3 Å². The molecule has 1 heterocycles. The molecule has 1 aromatic carbocycles. The molecular formula is C16H20FN3O. The first-order chi connectivity index (χ1) is 10.2. The summed E-state index contributed by atoms with van der Waals surface area (Å²) in [5.74, 6) is 1.79. The maximum absolute atomic E-state index is 13.4. The molecule has 0 amide bonds. The first-order valence-corrected chi connectivity index (χ1v) is 7.47. The van der Waals surface area contributed by atoms with Crippen LogP contribution in [0.15, 0.2) is 22.7 Å². The Kier molecular flexibility index (Phi) is 4.01. The molecule has 1 saturated carbocycles. The van der Waals surface area contributed by atoms with Gasteiger partial charge in [-0.05, 0) is 62.8 Å². The van der Waals surface area contributed by atoms with Crippen LogP contribution in [0.2, 0.25) is 0 Å². The highest BCUT2D eigenvalue weighted by atomic mass is 19.1. The Labute approximate surface area is 123 Å². The molecule has 112 valence electrons. The topological polar surface area (TPSA) is 64.9 Å². The monoisotopic (exact) mass is 289 g/mol. The third-order valence-corrected chi connectivity index (χ3v) is 4.41. The van der Waals surface area contributed by atoms with Gasteiger partial charge in [0.05, 0.1) is 0 Å². The number of benzene rings is 1. The lowest BCUT2D eigenvalue weighted by Crippen LogP contribution is -2.20. The van der Waals surface area contributed by atoms with E-state index >= 15 is 0 Å². The molecule has 21 heavy (non-hydrogen) atoms. The van der Waals surface area contributed by atoms with Gasteiger partial charge in [0.1, 0.15) is 5.82 Å². The van der Waals surface area contributed by atoms with Gasteiger partial charge in [0.2, 0.25) is 11.7 Å². The first-order valence-electron chi connectivity index (χ1n) is 7.47. The van der Waals surface area contributed by atoms with Gasteiger partial charge >= 0.3 is 0 Å². The molecule has 5 heteroatoms. The molecular weight excluding hydrogens is 269 g/mol. The SMILES string of the molecule is Cc1ccc(F)cc1-c1noc(C2CCC(CN)CC2)n1. The van der Waals surface area contributed by atoms with Crippen molar-refractivity contribution >= 4 is 0 Å². The molecule has 0 atom stereocenters. The number of rotatable bonds is 3. The molecule has 4 nitrogen and oxygen atoms in total. The van der Waals surface area contributed by atoms with Crippen LogP contribution in [-0.4, -0.2) is 16.7 Å². The number of hydrogen-bond acceptors (Lipinski definition) is 4. The van der Waals surface area contributed by atoms with Crippen molar-refractivity contribution in [1.29, 1.82) is 0 Å². The zero-order valence-electron chi connectivity index (χ0n) is 12.2. The number of aryl methyl sites for hydroxylation is 1. The van der Waals surface area contributed by atoms with Crippen molar-refractivity contribution < 1.29 is 8.91 Å². The normalized spacial score (nSPS) is 22.4. The average Bonchev–Trinajstić information content (AvgIpc) is 2.99. The molecule has 0 unspecified atom stereocenters. The summed E-state index contributed by atoms with van der Waals surface area (Å²) in [5, 5.41) is 4.03. The van der Waals surface area contributed by atoms with Crippen molar-refractivity contribution in [2.24, 2.45) is 11.7 Å². The van der Waals surface area contributed by atoms with Gasteiger partial charge in [0.25, 0.3) is 0 Å². The zero-order valence-corrected chi connectivity index (χ0v) is 12.2. The summed E-state index contributed by atoms with van der Waals surface area (Å²) in [6.45, 7) is 2.67. The van der Waals surface area contributed by atoms with Crippen molar-refractivity contribution in [3.63, 3.8) is 0 Å². The minimum atomic E-state index is -0.287. The molecule has 0 radical (unpaired) electrons. The summed E-state index contributed by atoms with van der Waals surface area (Å²) >= 11 is 0. The number of halogens is 1. The van der Waals surface area contributed by atoms with Crippen LogP contribution in [-0.2, 0) is 0 Å². The van der Waals surface area contributed by atoms with E-state index in [1.165, 1.54) is 12.1 Å². The fourth-order valence-electron chi connectivity index (χ4n) is 2.99. The maximum Gasteiger partial charge on any atom is 0.230 e. The van der Waals surface area contributed by atoms with Crippen LogP contribution >= 0.6 is 0 Å². The molecule has 2 aromatic rings. The number of hydrogen-bond donors (Lipinski definition) is 1. The second-order valence-electron chi connectivity index (χ2n) is 5.87. The highest BCUT2D eigenvalue weighted by molar-refractivity contribution is 5.59. The second kappa shape index (κ2) is 5.93. The summed E-state index contributed by atoms with van der Waals surface area (Å²) in [4.78, 5) is 4.48. The van der Waals surface area contributed by atoms with E-state index in [4.69, 9.17) is 10.3 Å². The van der Waals surface area contributed by atoms with E-state index in [-0.39, 0.29) is 5.82 Å². The Balaban J connectivity index is 1.79. The molecule has 1 fully saturated rings. The molecule has 3 rings (SSSR count). The van der Waals surface area contributed by atoms with Gasteiger partial charge in [-0.1, -0.05) is 11.2 Å². The summed E-state index contributed by atoms with van der Waals surface area (Å²) in [7, 11) is 0. The highest BCUT2D eigenvalue weighted by Crippen LogP contribution is 2.35. The zero-order chi connectivity index (χ0) is 14.8. The predicted molar refractivity (Wildman–Crippen MR) is 78.2 cm³/mol. The quantitative estimate of drug-likeness (QED) is 0.940.